The van der Waals surface area contributed by atoms with Gasteiger partial charge in [0.1, 0.15) is 11.6 Å². The van der Waals surface area contributed by atoms with Gasteiger partial charge < -0.3 is 4.74 Å². The predicted molar refractivity (Wildman–Crippen MR) is 99.2 cm³/mol. The summed E-state index contributed by atoms with van der Waals surface area (Å²) in [4.78, 5) is 0.166. The first-order chi connectivity index (χ1) is 12.5. The van der Waals surface area contributed by atoms with Crippen molar-refractivity contribution in [1.29, 1.82) is 0 Å². The number of rotatable bonds is 6. The predicted octanol–water partition coefficient (Wildman–Crippen LogP) is 4.23. The Kier molecular flexibility index (Phi) is 5.23. The highest BCUT2D eigenvalue weighted by Crippen LogP contribution is 2.28. The molecule has 0 fully saturated rings. The van der Waals surface area contributed by atoms with Gasteiger partial charge in [0.15, 0.2) is 0 Å². The summed E-state index contributed by atoms with van der Waals surface area (Å²) >= 11 is 0. The maximum absolute atomic E-state index is 13.6. The molecule has 0 heterocycles. The lowest BCUT2D eigenvalue weighted by atomic mass is 10.2. The summed E-state index contributed by atoms with van der Waals surface area (Å²) in [6.45, 7) is 0.00214. The van der Waals surface area contributed by atoms with Crippen LogP contribution in [0.5, 0.6) is 5.75 Å². The number of hydrogen-bond donors (Lipinski definition) is 0. The topological polar surface area (TPSA) is 46.6 Å². The molecule has 0 aromatic heterocycles. The van der Waals surface area contributed by atoms with Crippen molar-refractivity contribution in [1.82, 2.24) is 0 Å². The third-order valence-corrected chi connectivity index (χ3v) is 5.68. The molecule has 0 saturated carbocycles. The van der Waals surface area contributed by atoms with Crippen molar-refractivity contribution in [3.05, 3.63) is 90.2 Å². The lowest BCUT2D eigenvalue weighted by Crippen LogP contribution is -2.30. The minimum atomic E-state index is -3.83. The molecule has 3 aromatic carbocycles. The van der Waals surface area contributed by atoms with Crippen LogP contribution in [0.3, 0.4) is 0 Å². The molecule has 3 aromatic rings. The number of sulfonamides is 1. The van der Waals surface area contributed by atoms with E-state index in [-0.39, 0.29) is 11.4 Å². The molecule has 134 valence electrons. The molecule has 0 aliphatic rings. The molecule has 0 unspecified atom stereocenters. The molecule has 4 nitrogen and oxygen atoms in total. The lowest BCUT2D eigenvalue weighted by Gasteiger charge is -2.25. The van der Waals surface area contributed by atoms with Crippen molar-refractivity contribution in [2.24, 2.45) is 0 Å². The highest BCUT2D eigenvalue weighted by atomic mass is 32.2. The molecule has 0 atom stereocenters. The lowest BCUT2D eigenvalue weighted by molar-refractivity contribution is 0.415. The summed E-state index contributed by atoms with van der Waals surface area (Å²) in [6.07, 6.45) is 0. The molecular weight excluding hydrogens is 353 g/mol. The number of hydrogen-bond acceptors (Lipinski definition) is 3. The van der Waals surface area contributed by atoms with Crippen LogP contribution >= 0.6 is 0 Å². The minimum absolute atomic E-state index is 0.00214. The summed E-state index contributed by atoms with van der Waals surface area (Å²) in [5.74, 6) is 0.125. The van der Waals surface area contributed by atoms with Crippen LogP contribution in [0.4, 0.5) is 10.1 Å². The van der Waals surface area contributed by atoms with Gasteiger partial charge in [0.2, 0.25) is 0 Å². The maximum atomic E-state index is 13.6. The second kappa shape index (κ2) is 7.58. The first kappa shape index (κ1) is 17.9. The molecule has 0 radical (unpaired) electrons. The van der Waals surface area contributed by atoms with Gasteiger partial charge in [-0.25, -0.2) is 12.8 Å². The number of ether oxygens (including phenoxy) is 1. The zero-order valence-electron chi connectivity index (χ0n) is 14.2. The van der Waals surface area contributed by atoms with Gasteiger partial charge in [0.25, 0.3) is 10.0 Å². The molecule has 0 N–H and O–H groups in total. The highest BCUT2D eigenvalue weighted by Gasteiger charge is 2.25. The Hall–Kier alpha value is -2.86. The average Bonchev–Trinajstić information content (AvgIpc) is 2.67. The highest BCUT2D eigenvalue weighted by molar-refractivity contribution is 7.92. The van der Waals surface area contributed by atoms with E-state index in [2.05, 4.69) is 0 Å². The van der Waals surface area contributed by atoms with E-state index in [9.17, 15) is 12.8 Å². The number of benzene rings is 3. The van der Waals surface area contributed by atoms with Gasteiger partial charge >= 0.3 is 0 Å². The third-order valence-electron chi connectivity index (χ3n) is 3.89. The summed E-state index contributed by atoms with van der Waals surface area (Å²) in [6, 6.07) is 20.8. The first-order valence-electron chi connectivity index (χ1n) is 7.97. The van der Waals surface area contributed by atoms with Crippen LogP contribution in [-0.2, 0) is 16.6 Å². The zero-order valence-corrected chi connectivity index (χ0v) is 15.0. The summed E-state index contributed by atoms with van der Waals surface area (Å²) < 4.78 is 46.5. The number of anilines is 1. The van der Waals surface area contributed by atoms with E-state index in [1.54, 1.807) is 54.6 Å². The van der Waals surface area contributed by atoms with E-state index in [1.807, 2.05) is 0 Å². The van der Waals surface area contributed by atoms with Crippen molar-refractivity contribution >= 4 is 15.7 Å². The van der Waals surface area contributed by atoms with Gasteiger partial charge in [0.05, 0.1) is 24.2 Å². The molecule has 26 heavy (non-hydrogen) atoms. The Morgan fingerprint density at radius 2 is 1.65 bits per heavy atom. The molecule has 0 bridgehead atoms. The SMILES string of the molecule is COc1cccc(N(Cc2cccc(F)c2)S(=O)(=O)c2ccccc2)c1. The molecule has 0 amide bonds. The van der Waals surface area contributed by atoms with E-state index in [1.165, 1.54) is 35.7 Å². The maximum Gasteiger partial charge on any atom is 0.264 e. The van der Waals surface area contributed by atoms with Crippen LogP contribution in [0, 0.1) is 5.82 Å². The van der Waals surface area contributed by atoms with Gasteiger partial charge in [-0.15, -0.1) is 0 Å². The van der Waals surface area contributed by atoms with E-state index < -0.39 is 15.8 Å². The molecule has 0 saturated heterocycles. The van der Waals surface area contributed by atoms with Crippen LogP contribution in [0.15, 0.2) is 83.8 Å². The van der Waals surface area contributed by atoms with E-state index in [4.69, 9.17) is 4.74 Å². The van der Waals surface area contributed by atoms with E-state index in [0.29, 0.717) is 17.0 Å². The summed E-state index contributed by atoms with van der Waals surface area (Å²) in [5.41, 5.74) is 0.991. The monoisotopic (exact) mass is 371 g/mol. The fourth-order valence-corrected chi connectivity index (χ4v) is 4.07. The minimum Gasteiger partial charge on any atom is -0.497 e. The molecule has 6 heteroatoms. The van der Waals surface area contributed by atoms with Gasteiger partial charge in [-0.05, 0) is 42.0 Å². The van der Waals surface area contributed by atoms with Crippen LogP contribution in [0.2, 0.25) is 0 Å². The number of methoxy groups -OCH3 is 1. The summed E-state index contributed by atoms with van der Waals surface area (Å²) in [5, 5.41) is 0. The molecular formula is C20H18FNO3S. The fourth-order valence-electron chi connectivity index (χ4n) is 2.60. The van der Waals surface area contributed by atoms with Gasteiger partial charge in [-0.2, -0.15) is 0 Å². The van der Waals surface area contributed by atoms with Crippen LogP contribution in [0.1, 0.15) is 5.56 Å². The van der Waals surface area contributed by atoms with Crippen molar-refractivity contribution in [2.45, 2.75) is 11.4 Å². The second-order valence-corrected chi connectivity index (χ2v) is 7.52. The Morgan fingerprint density at radius 1 is 0.923 bits per heavy atom. The van der Waals surface area contributed by atoms with Crippen LogP contribution in [0.25, 0.3) is 0 Å². The van der Waals surface area contributed by atoms with E-state index >= 15 is 0 Å². The van der Waals surface area contributed by atoms with Crippen LogP contribution in [-0.4, -0.2) is 15.5 Å². The van der Waals surface area contributed by atoms with Gasteiger partial charge in [-0.3, -0.25) is 4.31 Å². The largest absolute Gasteiger partial charge is 0.497 e. The fraction of sp³-hybridized carbons (Fsp3) is 0.100. The van der Waals surface area contributed by atoms with E-state index in [0.717, 1.165) is 0 Å². The Labute approximate surface area is 152 Å². The first-order valence-corrected chi connectivity index (χ1v) is 9.41. The van der Waals surface area contributed by atoms with Gasteiger partial charge in [-0.1, -0.05) is 36.4 Å². The number of nitrogens with zero attached hydrogens (tertiary/aromatic N) is 1. The Morgan fingerprint density at radius 3 is 2.35 bits per heavy atom. The van der Waals surface area contributed by atoms with Crippen molar-refractivity contribution in [3.8, 4) is 5.75 Å². The normalized spacial score (nSPS) is 11.2. The third kappa shape index (κ3) is 3.86. The zero-order chi connectivity index (χ0) is 18.6. The molecule has 3 rings (SSSR count). The second-order valence-electron chi connectivity index (χ2n) is 5.66. The van der Waals surface area contributed by atoms with Crippen molar-refractivity contribution in [2.75, 3.05) is 11.4 Å². The quantitative estimate of drug-likeness (QED) is 0.651. The molecule has 0 spiro atoms. The van der Waals surface area contributed by atoms with Crippen molar-refractivity contribution < 1.29 is 17.5 Å². The average molecular weight is 371 g/mol. The molecule has 0 aliphatic carbocycles. The Balaban J connectivity index is 2.09. The standard InChI is InChI=1S/C20H18FNO3S/c1-25-19-10-6-9-18(14-19)22(15-16-7-5-8-17(21)13-16)26(23,24)20-11-3-2-4-12-20/h2-14H,15H2,1H3. The molecule has 0 aliphatic heterocycles. The van der Waals surface area contributed by atoms with Crippen LogP contribution < -0.4 is 9.04 Å². The smallest absolute Gasteiger partial charge is 0.264 e. The summed E-state index contributed by atoms with van der Waals surface area (Å²) in [7, 11) is -2.32. The Bertz CT molecular complexity index is 991. The number of halogens is 1. The van der Waals surface area contributed by atoms with Gasteiger partial charge in [0, 0.05) is 6.07 Å². The van der Waals surface area contributed by atoms with Crippen molar-refractivity contribution in [3.63, 3.8) is 0 Å².